The van der Waals surface area contributed by atoms with Gasteiger partial charge in [-0.1, -0.05) is 71.4 Å². The van der Waals surface area contributed by atoms with Crippen LogP contribution in [0.25, 0.3) is 11.6 Å². The number of nitrogen functional groups attached to an aromatic ring is 1. The van der Waals surface area contributed by atoms with Crippen LogP contribution in [0.3, 0.4) is 0 Å². The summed E-state index contributed by atoms with van der Waals surface area (Å²) >= 11 is 0. The highest BCUT2D eigenvalue weighted by Gasteiger charge is 2.42. The summed E-state index contributed by atoms with van der Waals surface area (Å²) in [6.45, 7) is 13.8. The Morgan fingerprint density at radius 2 is 1.50 bits per heavy atom. The van der Waals surface area contributed by atoms with Gasteiger partial charge in [0.25, 0.3) is 0 Å². The molecule has 3 aromatic rings. The summed E-state index contributed by atoms with van der Waals surface area (Å²) in [6.07, 6.45) is 5.53. The van der Waals surface area contributed by atoms with E-state index in [1.54, 1.807) is 36.4 Å². The molecule has 190 valence electrons. The number of anilines is 1. The van der Waals surface area contributed by atoms with Crippen LogP contribution in [-0.2, 0) is 17.3 Å². The van der Waals surface area contributed by atoms with Crippen molar-refractivity contribution in [2.45, 2.75) is 71.6 Å². The number of rotatable bonds is 5. The van der Waals surface area contributed by atoms with Crippen LogP contribution in [0, 0.1) is 0 Å². The highest BCUT2D eigenvalue weighted by Crippen LogP contribution is 2.50. The van der Waals surface area contributed by atoms with Crippen molar-refractivity contribution < 1.29 is 15.0 Å². The zero-order valence-corrected chi connectivity index (χ0v) is 22.4. The number of aromatic carboxylic acids is 1. The summed E-state index contributed by atoms with van der Waals surface area (Å²) in [7, 11) is 0. The monoisotopic (exact) mass is 485 g/mol. The summed E-state index contributed by atoms with van der Waals surface area (Å²) in [5.74, 6) is -0.639. The van der Waals surface area contributed by atoms with E-state index in [1.807, 2.05) is 12.1 Å². The molecule has 1 aliphatic carbocycles. The molecular formula is C32H39NO3. The Morgan fingerprint density at radius 3 is 2.00 bits per heavy atom. The molecule has 4 nitrogen and oxygen atoms in total. The van der Waals surface area contributed by atoms with E-state index in [4.69, 9.17) is 15.9 Å². The average molecular weight is 486 g/mol. The van der Waals surface area contributed by atoms with Gasteiger partial charge in [0.15, 0.2) is 0 Å². The largest absolute Gasteiger partial charge is 0.508 e. The Hall–Kier alpha value is -3.53. The summed E-state index contributed by atoms with van der Waals surface area (Å²) < 4.78 is 0. The van der Waals surface area contributed by atoms with E-state index < -0.39 is 5.97 Å². The van der Waals surface area contributed by atoms with Crippen LogP contribution in [0.2, 0.25) is 0 Å². The van der Waals surface area contributed by atoms with Gasteiger partial charge in [0, 0.05) is 5.69 Å². The molecule has 0 unspecified atom stereocenters. The van der Waals surface area contributed by atoms with Crippen molar-refractivity contribution in [1.29, 1.82) is 0 Å². The Bertz CT molecular complexity index is 1230. The molecule has 4 N–H and O–H groups in total. The first-order valence-corrected chi connectivity index (χ1v) is 12.6. The second kappa shape index (κ2) is 10.6. The minimum Gasteiger partial charge on any atom is -0.508 e. The smallest absolute Gasteiger partial charge is 0.335 e. The van der Waals surface area contributed by atoms with Crippen molar-refractivity contribution in [2.75, 3.05) is 5.73 Å². The van der Waals surface area contributed by atoms with Crippen molar-refractivity contribution in [3.63, 3.8) is 0 Å². The lowest BCUT2D eigenvalue weighted by molar-refractivity contribution is 0.0697. The molecule has 3 aromatic carbocycles. The quantitative estimate of drug-likeness (QED) is 0.195. The molecule has 0 spiro atoms. The number of phenolic OH excluding ortho intramolecular Hbond substituents is 1. The van der Waals surface area contributed by atoms with Gasteiger partial charge in [0.2, 0.25) is 0 Å². The molecule has 0 heterocycles. The molecule has 0 radical (unpaired) electrons. The van der Waals surface area contributed by atoms with Gasteiger partial charge in [0.05, 0.1) is 5.56 Å². The number of nitrogens with two attached hydrogens (primary N) is 1. The number of hydrogen-bond acceptors (Lipinski definition) is 3. The van der Waals surface area contributed by atoms with Gasteiger partial charge in [-0.2, -0.15) is 0 Å². The Morgan fingerprint density at radius 1 is 0.944 bits per heavy atom. The molecule has 0 amide bonds. The van der Waals surface area contributed by atoms with Crippen LogP contribution in [0.15, 0.2) is 60.7 Å². The molecule has 0 saturated carbocycles. The molecular weight excluding hydrogens is 446 g/mol. The molecule has 1 aliphatic rings. The first-order valence-electron chi connectivity index (χ1n) is 12.6. The zero-order chi connectivity index (χ0) is 26.7. The molecule has 0 aliphatic heterocycles. The normalized spacial score (nSPS) is 15.6. The van der Waals surface area contributed by atoms with E-state index >= 15 is 0 Å². The van der Waals surface area contributed by atoms with Gasteiger partial charge in [-0.3, -0.25) is 0 Å². The van der Waals surface area contributed by atoms with Crippen molar-refractivity contribution in [2.24, 2.45) is 0 Å². The number of carboxylic acids is 1. The molecule has 4 heteroatoms. The van der Waals surface area contributed by atoms with E-state index in [9.17, 15) is 4.79 Å². The van der Waals surface area contributed by atoms with Crippen molar-refractivity contribution in [3.8, 4) is 5.75 Å². The van der Waals surface area contributed by atoms with Crippen molar-refractivity contribution in [1.82, 2.24) is 0 Å². The SMILES string of the molecule is CCCc1cc2c(cc1C(C)=Cc1ccc(C(=O)O)cc1)C(C)(C)CC2(C)C.Nc1ccc(O)cc1. The molecule has 0 fully saturated rings. The molecule has 0 saturated heterocycles. The fraction of sp³-hybridized carbons (Fsp3) is 0.344. The summed E-state index contributed by atoms with van der Waals surface area (Å²) in [6, 6.07) is 18.4. The zero-order valence-electron chi connectivity index (χ0n) is 22.4. The number of phenols is 1. The van der Waals surface area contributed by atoms with Gasteiger partial charge in [-0.15, -0.1) is 0 Å². The Balaban J connectivity index is 0.000000383. The first-order chi connectivity index (χ1) is 16.8. The molecule has 36 heavy (non-hydrogen) atoms. The third-order valence-corrected chi connectivity index (χ3v) is 6.96. The standard InChI is InChI=1S/C26H32O2.C6H7NO/c1-7-8-20-14-22-23(26(5,6)16-25(22,3)4)15-21(20)17(2)13-18-9-11-19(12-10-18)24(27)28;7-5-1-3-6(8)4-2-5/h9-15H,7-8,16H2,1-6H3,(H,27,28);1-4,8H,7H2. The lowest BCUT2D eigenvalue weighted by Crippen LogP contribution is -2.18. The topological polar surface area (TPSA) is 83.5 Å². The maximum Gasteiger partial charge on any atom is 0.335 e. The minimum absolute atomic E-state index is 0.182. The average Bonchev–Trinajstić information content (AvgIpc) is 2.99. The maximum absolute atomic E-state index is 11.1. The second-order valence-corrected chi connectivity index (χ2v) is 11.1. The van der Waals surface area contributed by atoms with Gasteiger partial charge >= 0.3 is 5.97 Å². The van der Waals surface area contributed by atoms with Gasteiger partial charge in [-0.25, -0.2) is 4.79 Å². The summed E-state index contributed by atoms with van der Waals surface area (Å²) in [5, 5.41) is 17.8. The van der Waals surface area contributed by atoms with E-state index in [1.165, 1.54) is 34.2 Å². The number of fused-ring (bicyclic) bond motifs is 1. The number of benzene rings is 3. The van der Waals surface area contributed by atoms with Crippen LogP contribution in [0.1, 0.15) is 92.6 Å². The predicted octanol–water partition coefficient (Wildman–Crippen LogP) is 7.83. The lowest BCUT2D eigenvalue weighted by Gasteiger charge is -2.22. The fourth-order valence-corrected chi connectivity index (χ4v) is 5.43. The highest BCUT2D eigenvalue weighted by molar-refractivity contribution is 5.88. The fourth-order valence-electron chi connectivity index (χ4n) is 5.43. The lowest BCUT2D eigenvalue weighted by atomic mass is 9.82. The van der Waals surface area contributed by atoms with Crippen molar-refractivity contribution in [3.05, 3.63) is 94.0 Å². The van der Waals surface area contributed by atoms with Crippen molar-refractivity contribution >= 4 is 23.3 Å². The van der Waals surface area contributed by atoms with Gasteiger partial charge < -0.3 is 15.9 Å². The number of allylic oxidation sites excluding steroid dienone is 1. The first kappa shape index (κ1) is 27.1. The Labute approximate surface area is 215 Å². The molecule has 0 aromatic heterocycles. The van der Waals surface area contributed by atoms with Crippen LogP contribution in [0.4, 0.5) is 5.69 Å². The van der Waals surface area contributed by atoms with Crippen LogP contribution in [-0.4, -0.2) is 16.2 Å². The van der Waals surface area contributed by atoms with Crippen LogP contribution < -0.4 is 5.73 Å². The van der Waals surface area contributed by atoms with Gasteiger partial charge in [-0.05, 0) is 100 Å². The highest BCUT2D eigenvalue weighted by atomic mass is 16.4. The number of hydrogen-bond donors (Lipinski definition) is 3. The molecule has 4 rings (SSSR count). The predicted molar refractivity (Wildman–Crippen MR) is 151 cm³/mol. The third-order valence-electron chi connectivity index (χ3n) is 6.96. The van der Waals surface area contributed by atoms with Crippen LogP contribution >= 0.6 is 0 Å². The van der Waals surface area contributed by atoms with E-state index in [-0.39, 0.29) is 16.6 Å². The maximum atomic E-state index is 11.1. The molecule has 0 bridgehead atoms. The summed E-state index contributed by atoms with van der Waals surface area (Å²) in [4.78, 5) is 11.1. The number of carbonyl (C=O) groups is 1. The van der Waals surface area contributed by atoms with E-state index in [0.717, 1.165) is 18.4 Å². The minimum atomic E-state index is -0.888. The molecule has 0 atom stereocenters. The van der Waals surface area contributed by atoms with Gasteiger partial charge in [0.1, 0.15) is 5.75 Å². The number of carboxylic acid groups (broad SMARTS) is 1. The van der Waals surface area contributed by atoms with E-state index in [0.29, 0.717) is 11.3 Å². The summed E-state index contributed by atoms with van der Waals surface area (Å²) in [5.41, 5.74) is 14.7. The second-order valence-electron chi connectivity index (χ2n) is 11.1. The number of aryl methyl sites for hydroxylation is 1. The number of aromatic hydroxyl groups is 1. The van der Waals surface area contributed by atoms with Crippen LogP contribution in [0.5, 0.6) is 5.75 Å². The third kappa shape index (κ3) is 6.17. The van der Waals surface area contributed by atoms with E-state index in [2.05, 4.69) is 59.8 Å². The Kier molecular flexibility index (Phi) is 7.98.